The first-order valence-electron chi connectivity index (χ1n) is 3.91. The smallest absolute Gasteiger partial charge is 0.341 e. The maximum atomic E-state index is 11.1. The Bertz CT molecular complexity index is 427. The number of phenols is 1. The first-order chi connectivity index (χ1) is 6.97. The zero-order chi connectivity index (χ0) is 11.6. The number of ether oxygens (including phenoxy) is 1. The summed E-state index contributed by atoms with van der Waals surface area (Å²) in [5.74, 6) is -2.86. The molecule has 0 aliphatic carbocycles. The van der Waals surface area contributed by atoms with Crippen molar-refractivity contribution in [1.82, 2.24) is 0 Å². The van der Waals surface area contributed by atoms with Crippen LogP contribution in [0.3, 0.4) is 0 Å². The molecule has 1 aromatic carbocycles. The lowest BCUT2D eigenvalue weighted by atomic mass is 10.1. The summed E-state index contributed by atoms with van der Waals surface area (Å²) in [6.07, 6.45) is 0. The van der Waals surface area contributed by atoms with Crippen LogP contribution in [0.25, 0.3) is 0 Å². The third kappa shape index (κ3) is 1.98. The van der Waals surface area contributed by atoms with Gasteiger partial charge in [0.2, 0.25) is 0 Å². The molecular formula is C9H9NO5. The lowest BCUT2D eigenvalue weighted by Crippen LogP contribution is -2.07. The summed E-state index contributed by atoms with van der Waals surface area (Å²) in [7, 11) is 1.12. The Morgan fingerprint density at radius 2 is 1.87 bits per heavy atom. The second-order valence-electron chi connectivity index (χ2n) is 2.76. The molecule has 0 saturated heterocycles. The van der Waals surface area contributed by atoms with Crippen LogP contribution < -0.4 is 5.73 Å². The molecule has 0 amide bonds. The number of hydrogen-bond acceptors (Lipinski definition) is 5. The molecule has 6 nitrogen and oxygen atoms in total. The number of aromatic carboxylic acids is 1. The van der Waals surface area contributed by atoms with Crippen molar-refractivity contribution in [1.29, 1.82) is 0 Å². The van der Waals surface area contributed by atoms with E-state index in [4.69, 9.17) is 10.8 Å². The van der Waals surface area contributed by atoms with E-state index in [2.05, 4.69) is 4.74 Å². The van der Waals surface area contributed by atoms with Gasteiger partial charge in [-0.3, -0.25) is 0 Å². The number of carboxylic acids is 1. The SMILES string of the molecule is COC(=O)c1cc(N)cc(C(=O)O)c1O. The van der Waals surface area contributed by atoms with Crippen LogP contribution in [0.2, 0.25) is 0 Å². The van der Waals surface area contributed by atoms with E-state index in [1.54, 1.807) is 0 Å². The predicted octanol–water partition coefficient (Wildman–Crippen LogP) is 0.459. The van der Waals surface area contributed by atoms with Crippen LogP contribution in [0.5, 0.6) is 5.75 Å². The van der Waals surface area contributed by atoms with Crippen molar-refractivity contribution in [2.45, 2.75) is 0 Å². The maximum absolute atomic E-state index is 11.1. The highest BCUT2D eigenvalue weighted by molar-refractivity contribution is 6.00. The predicted molar refractivity (Wildman–Crippen MR) is 50.8 cm³/mol. The second-order valence-corrected chi connectivity index (χ2v) is 2.76. The number of rotatable bonds is 2. The highest BCUT2D eigenvalue weighted by Crippen LogP contribution is 2.26. The van der Waals surface area contributed by atoms with Crippen molar-refractivity contribution in [2.24, 2.45) is 0 Å². The largest absolute Gasteiger partial charge is 0.506 e. The summed E-state index contributed by atoms with van der Waals surface area (Å²) in [4.78, 5) is 21.8. The maximum Gasteiger partial charge on any atom is 0.341 e. The summed E-state index contributed by atoms with van der Waals surface area (Å²) in [5.41, 5.74) is 4.73. The van der Waals surface area contributed by atoms with Crippen molar-refractivity contribution in [3.05, 3.63) is 23.3 Å². The molecule has 0 saturated carbocycles. The van der Waals surface area contributed by atoms with Crippen molar-refractivity contribution >= 4 is 17.6 Å². The number of carbonyl (C=O) groups excluding carboxylic acids is 1. The molecule has 0 aromatic heterocycles. The topological polar surface area (TPSA) is 110 Å². The standard InChI is InChI=1S/C9H9NO5/c1-15-9(14)6-3-4(10)2-5(7(6)11)8(12)13/h2-3,11H,10H2,1H3,(H,12,13). The van der Waals surface area contributed by atoms with Crippen LogP contribution in [0.15, 0.2) is 12.1 Å². The monoisotopic (exact) mass is 211 g/mol. The minimum Gasteiger partial charge on any atom is -0.506 e. The Hall–Kier alpha value is -2.24. The van der Waals surface area contributed by atoms with Gasteiger partial charge in [0.25, 0.3) is 0 Å². The Balaban J connectivity index is 3.41. The molecule has 0 unspecified atom stereocenters. The minimum absolute atomic E-state index is 0.0607. The fraction of sp³-hybridized carbons (Fsp3) is 0.111. The second kappa shape index (κ2) is 3.87. The van der Waals surface area contributed by atoms with Gasteiger partial charge in [0.1, 0.15) is 16.9 Å². The molecule has 0 heterocycles. The quantitative estimate of drug-likeness (QED) is 0.372. The number of aromatic hydroxyl groups is 1. The van der Waals surface area contributed by atoms with Crippen molar-refractivity contribution < 1.29 is 24.5 Å². The Morgan fingerprint density at radius 1 is 1.33 bits per heavy atom. The number of methoxy groups -OCH3 is 1. The van der Waals surface area contributed by atoms with Gasteiger partial charge in [-0.25, -0.2) is 9.59 Å². The average Bonchev–Trinajstić information content (AvgIpc) is 2.19. The average molecular weight is 211 g/mol. The number of nitrogens with two attached hydrogens (primary N) is 1. The van der Waals surface area contributed by atoms with E-state index in [1.165, 1.54) is 0 Å². The van der Waals surface area contributed by atoms with Gasteiger partial charge in [0.05, 0.1) is 7.11 Å². The van der Waals surface area contributed by atoms with Gasteiger partial charge in [0, 0.05) is 5.69 Å². The van der Waals surface area contributed by atoms with Crippen LogP contribution in [0.4, 0.5) is 5.69 Å². The van der Waals surface area contributed by atoms with E-state index >= 15 is 0 Å². The Kier molecular flexibility index (Phi) is 2.80. The van der Waals surface area contributed by atoms with Gasteiger partial charge in [-0.15, -0.1) is 0 Å². The third-order valence-electron chi connectivity index (χ3n) is 1.77. The fourth-order valence-electron chi connectivity index (χ4n) is 1.09. The van der Waals surface area contributed by atoms with Gasteiger partial charge in [-0.2, -0.15) is 0 Å². The van der Waals surface area contributed by atoms with Crippen LogP contribution in [-0.4, -0.2) is 29.3 Å². The molecule has 80 valence electrons. The normalized spacial score (nSPS) is 9.67. The van der Waals surface area contributed by atoms with Gasteiger partial charge in [-0.05, 0) is 12.1 Å². The van der Waals surface area contributed by atoms with Crippen molar-refractivity contribution in [3.8, 4) is 5.75 Å². The van der Waals surface area contributed by atoms with Crippen molar-refractivity contribution in [2.75, 3.05) is 12.8 Å². The van der Waals surface area contributed by atoms with Crippen LogP contribution in [-0.2, 0) is 4.74 Å². The zero-order valence-corrected chi connectivity index (χ0v) is 7.85. The summed E-state index contributed by atoms with van der Waals surface area (Å²) >= 11 is 0. The molecule has 0 aliphatic rings. The van der Waals surface area contributed by atoms with Gasteiger partial charge < -0.3 is 20.7 Å². The molecule has 0 atom stereocenters. The number of esters is 1. The van der Waals surface area contributed by atoms with Crippen LogP contribution >= 0.6 is 0 Å². The molecule has 1 rings (SSSR count). The number of nitrogen functional groups attached to an aromatic ring is 1. The van der Waals surface area contributed by atoms with E-state index in [0.717, 1.165) is 19.2 Å². The Morgan fingerprint density at radius 3 is 2.33 bits per heavy atom. The van der Waals surface area contributed by atoms with Gasteiger partial charge in [0.15, 0.2) is 0 Å². The highest BCUT2D eigenvalue weighted by Gasteiger charge is 2.19. The zero-order valence-electron chi connectivity index (χ0n) is 7.85. The summed E-state index contributed by atoms with van der Waals surface area (Å²) < 4.78 is 4.36. The number of benzene rings is 1. The summed E-state index contributed by atoms with van der Waals surface area (Å²) in [6, 6.07) is 2.21. The lowest BCUT2D eigenvalue weighted by Gasteiger charge is -2.06. The first-order valence-corrected chi connectivity index (χ1v) is 3.91. The van der Waals surface area contributed by atoms with Crippen LogP contribution in [0, 0.1) is 0 Å². The number of carbonyl (C=O) groups is 2. The molecule has 4 N–H and O–H groups in total. The van der Waals surface area contributed by atoms with Crippen LogP contribution in [0.1, 0.15) is 20.7 Å². The molecular weight excluding hydrogens is 202 g/mol. The van der Waals surface area contributed by atoms with E-state index in [1.807, 2.05) is 0 Å². The molecule has 1 aromatic rings. The highest BCUT2D eigenvalue weighted by atomic mass is 16.5. The fourth-order valence-corrected chi connectivity index (χ4v) is 1.09. The number of anilines is 1. The first kappa shape index (κ1) is 10.8. The van der Waals surface area contributed by atoms with E-state index in [9.17, 15) is 14.7 Å². The van der Waals surface area contributed by atoms with Gasteiger partial charge >= 0.3 is 11.9 Å². The van der Waals surface area contributed by atoms with Gasteiger partial charge in [-0.1, -0.05) is 0 Å². The minimum atomic E-state index is -1.37. The van der Waals surface area contributed by atoms with E-state index in [0.29, 0.717) is 0 Å². The van der Waals surface area contributed by atoms with E-state index in [-0.39, 0.29) is 11.3 Å². The molecule has 0 bridgehead atoms. The molecule has 0 spiro atoms. The summed E-state index contributed by atoms with van der Waals surface area (Å²) in [6.45, 7) is 0. The number of carboxylic acid groups (broad SMARTS) is 1. The third-order valence-corrected chi connectivity index (χ3v) is 1.77. The molecule has 6 heteroatoms. The molecule has 0 aliphatic heterocycles. The molecule has 0 radical (unpaired) electrons. The molecule has 15 heavy (non-hydrogen) atoms. The molecule has 0 fully saturated rings. The Labute approximate surface area is 84.9 Å². The number of hydrogen-bond donors (Lipinski definition) is 3. The summed E-state index contributed by atoms with van der Waals surface area (Å²) in [5, 5.41) is 18.1. The lowest BCUT2D eigenvalue weighted by molar-refractivity contribution is 0.0597. The van der Waals surface area contributed by atoms with E-state index < -0.39 is 23.3 Å². The van der Waals surface area contributed by atoms with Crippen molar-refractivity contribution in [3.63, 3.8) is 0 Å².